The van der Waals surface area contributed by atoms with Crippen LogP contribution in [0.1, 0.15) is 49.1 Å². The van der Waals surface area contributed by atoms with Gasteiger partial charge in [-0.2, -0.15) is 0 Å². The molecular weight excluding hydrogens is 240 g/mol. The van der Waals surface area contributed by atoms with Crippen LogP contribution in [0.25, 0.3) is 5.57 Å². The predicted molar refractivity (Wildman–Crippen MR) is 87.0 cm³/mol. The molecule has 0 saturated heterocycles. The van der Waals surface area contributed by atoms with Crippen molar-refractivity contribution < 1.29 is 0 Å². The standard InChI is InChI=1S/C20H22/c1-2-10-18(20-15-7-8-16-20)12-4-3-11-17(9-1)19-13-5-6-14-19/h1-6,9-13,20H,7-8,14-16H2. The van der Waals surface area contributed by atoms with E-state index in [1.165, 1.54) is 42.4 Å². The van der Waals surface area contributed by atoms with Crippen LogP contribution in [0.15, 0.2) is 66.8 Å². The lowest BCUT2D eigenvalue weighted by molar-refractivity contribution is 0.724. The van der Waals surface area contributed by atoms with E-state index in [1.807, 2.05) is 0 Å². The van der Waals surface area contributed by atoms with E-state index in [4.69, 9.17) is 0 Å². The molecule has 0 radical (unpaired) electrons. The topological polar surface area (TPSA) is 0 Å². The van der Waals surface area contributed by atoms with Gasteiger partial charge in [0.25, 0.3) is 0 Å². The normalized spacial score (nSPS) is 17.9. The van der Waals surface area contributed by atoms with Crippen LogP contribution < -0.4 is 0 Å². The minimum Gasteiger partial charge on any atom is -0.0801 e. The molecule has 0 heterocycles. The molecule has 1 aromatic carbocycles. The first-order valence-electron chi connectivity index (χ1n) is 7.73. The molecule has 0 atom stereocenters. The molecule has 0 aliphatic heterocycles. The fraction of sp³-hybridized carbons (Fsp3) is 0.300. The Morgan fingerprint density at radius 3 is 2.05 bits per heavy atom. The van der Waals surface area contributed by atoms with Gasteiger partial charge in [-0.1, -0.05) is 79.6 Å². The number of allylic oxidation sites excluding steroid dienone is 4. The summed E-state index contributed by atoms with van der Waals surface area (Å²) in [4.78, 5) is 0. The maximum atomic E-state index is 2.29. The van der Waals surface area contributed by atoms with Crippen LogP contribution in [-0.2, 0) is 0 Å². The van der Waals surface area contributed by atoms with Crippen LogP contribution >= 0.6 is 0 Å². The Balaban J connectivity index is 1.89. The van der Waals surface area contributed by atoms with Gasteiger partial charge in [-0.15, -0.1) is 0 Å². The maximum Gasteiger partial charge on any atom is -0.00884 e. The van der Waals surface area contributed by atoms with Crippen LogP contribution in [0.4, 0.5) is 0 Å². The molecule has 3 rings (SSSR count). The van der Waals surface area contributed by atoms with Crippen molar-refractivity contribution in [2.45, 2.75) is 38.0 Å². The van der Waals surface area contributed by atoms with Gasteiger partial charge in [0.2, 0.25) is 0 Å². The summed E-state index contributed by atoms with van der Waals surface area (Å²) in [5, 5.41) is 0. The highest BCUT2D eigenvalue weighted by molar-refractivity contribution is 5.70. The van der Waals surface area contributed by atoms with Gasteiger partial charge in [-0.3, -0.25) is 0 Å². The molecule has 0 nitrogen and oxygen atoms in total. The molecule has 0 aromatic heterocycles. The molecule has 1 aromatic rings. The molecule has 0 spiro atoms. The molecule has 20 heavy (non-hydrogen) atoms. The third-order valence-electron chi connectivity index (χ3n) is 4.32. The van der Waals surface area contributed by atoms with Crippen LogP contribution in [0, 0.1) is 0 Å². The van der Waals surface area contributed by atoms with Crippen molar-refractivity contribution in [3.63, 3.8) is 0 Å². The summed E-state index contributed by atoms with van der Waals surface area (Å²) in [6.07, 6.45) is 13.1. The van der Waals surface area contributed by atoms with Crippen LogP contribution in [-0.4, -0.2) is 0 Å². The zero-order valence-electron chi connectivity index (χ0n) is 12.0. The Kier molecular flexibility index (Phi) is 4.32. The fourth-order valence-corrected chi connectivity index (χ4v) is 3.17. The largest absolute Gasteiger partial charge is 0.0801 e. The molecule has 102 valence electrons. The lowest BCUT2D eigenvalue weighted by Crippen LogP contribution is -1.89. The van der Waals surface area contributed by atoms with E-state index in [9.17, 15) is 0 Å². The van der Waals surface area contributed by atoms with E-state index in [0.29, 0.717) is 0 Å². The Hall–Kier alpha value is -1.82. The van der Waals surface area contributed by atoms with Gasteiger partial charge in [-0.25, -0.2) is 0 Å². The molecule has 0 bridgehead atoms. The second-order valence-electron chi connectivity index (χ2n) is 5.70. The summed E-state index contributed by atoms with van der Waals surface area (Å²) < 4.78 is 0. The van der Waals surface area contributed by atoms with E-state index < -0.39 is 0 Å². The van der Waals surface area contributed by atoms with Gasteiger partial charge < -0.3 is 0 Å². The Bertz CT molecular complexity index is 542. The highest BCUT2D eigenvalue weighted by Gasteiger charge is 2.15. The van der Waals surface area contributed by atoms with Crippen LogP contribution in [0.2, 0.25) is 0 Å². The summed E-state index contributed by atoms with van der Waals surface area (Å²) in [6.45, 7) is 0. The first-order chi connectivity index (χ1) is 9.93. The van der Waals surface area contributed by atoms with Gasteiger partial charge in [0, 0.05) is 0 Å². The number of hydrogen-bond donors (Lipinski definition) is 0. The predicted octanol–water partition coefficient (Wildman–Crippen LogP) is 5.81. The monoisotopic (exact) mass is 262 g/mol. The van der Waals surface area contributed by atoms with Gasteiger partial charge in [-0.05, 0) is 41.9 Å². The van der Waals surface area contributed by atoms with Crippen molar-refractivity contribution in [1.82, 2.24) is 0 Å². The summed E-state index contributed by atoms with van der Waals surface area (Å²) in [5.41, 5.74) is 4.20. The molecule has 1 fully saturated rings. The van der Waals surface area contributed by atoms with E-state index in [2.05, 4.69) is 66.8 Å². The number of hydrogen-bond acceptors (Lipinski definition) is 0. The van der Waals surface area contributed by atoms with E-state index in [1.54, 1.807) is 0 Å². The van der Waals surface area contributed by atoms with Crippen molar-refractivity contribution in [3.05, 3.63) is 77.9 Å². The molecule has 0 N–H and O–H groups in total. The maximum absolute atomic E-state index is 2.29. The molecule has 0 unspecified atom stereocenters. The second-order valence-corrected chi connectivity index (χ2v) is 5.70. The highest BCUT2D eigenvalue weighted by atomic mass is 14.2. The van der Waals surface area contributed by atoms with E-state index >= 15 is 0 Å². The van der Waals surface area contributed by atoms with Gasteiger partial charge in [0.05, 0.1) is 0 Å². The second kappa shape index (κ2) is 6.56. The zero-order chi connectivity index (χ0) is 13.6. The van der Waals surface area contributed by atoms with Crippen LogP contribution in [0.3, 0.4) is 0 Å². The summed E-state index contributed by atoms with van der Waals surface area (Å²) >= 11 is 0. The zero-order valence-corrected chi connectivity index (χ0v) is 12.0. The van der Waals surface area contributed by atoms with Gasteiger partial charge >= 0.3 is 0 Å². The summed E-state index contributed by atoms with van der Waals surface area (Å²) in [5.74, 6) is 0.772. The first kappa shape index (κ1) is 13.2. The van der Waals surface area contributed by atoms with Gasteiger partial charge in [0.1, 0.15) is 0 Å². The fourth-order valence-electron chi connectivity index (χ4n) is 3.17. The van der Waals surface area contributed by atoms with Crippen molar-refractivity contribution in [2.24, 2.45) is 0 Å². The number of rotatable bonds is 2. The highest BCUT2D eigenvalue weighted by Crippen LogP contribution is 2.33. The Morgan fingerprint density at radius 1 is 0.800 bits per heavy atom. The third kappa shape index (κ3) is 3.19. The van der Waals surface area contributed by atoms with Crippen molar-refractivity contribution in [3.8, 4) is 0 Å². The molecule has 2 aliphatic rings. The summed E-state index contributed by atoms with van der Waals surface area (Å²) in [7, 11) is 0. The molecule has 0 heteroatoms. The molecule has 0 amide bonds. The lowest BCUT2D eigenvalue weighted by atomic mass is 9.99. The third-order valence-corrected chi connectivity index (χ3v) is 4.32. The quantitative estimate of drug-likeness (QED) is 0.630. The van der Waals surface area contributed by atoms with Gasteiger partial charge in [0.15, 0.2) is 0 Å². The van der Waals surface area contributed by atoms with E-state index in [-0.39, 0.29) is 0 Å². The molecule has 1 saturated carbocycles. The first-order valence-corrected chi connectivity index (χ1v) is 7.73. The molecular formula is C20H22. The lowest BCUT2D eigenvalue weighted by Gasteiger charge is -2.06. The smallest absolute Gasteiger partial charge is 0.00884 e. The van der Waals surface area contributed by atoms with Crippen molar-refractivity contribution in [2.75, 3.05) is 0 Å². The SMILES string of the molecule is C1=CCC(c2ccccc(C3CCCC3)cccc2)=C1. The summed E-state index contributed by atoms with van der Waals surface area (Å²) in [6, 6.07) is 17.8. The van der Waals surface area contributed by atoms with Crippen molar-refractivity contribution in [1.29, 1.82) is 0 Å². The average molecular weight is 262 g/mol. The van der Waals surface area contributed by atoms with Crippen LogP contribution in [0.5, 0.6) is 0 Å². The average Bonchev–Trinajstić information content (AvgIpc) is 3.17. The van der Waals surface area contributed by atoms with Crippen molar-refractivity contribution >= 4 is 5.57 Å². The minimum absolute atomic E-state index is 0.772. The van der Waals surface area contributed by atoms with E-state index in [0.717, 1.165) is 12.3 Å². The minimum atomic E-state index is 0.772. The Morgan fingerprint density at radius 2 is 1.45 bits per heavy atom. The molecule has 2 aliphatic carbocycles. The Labute approximate surface area is 122 Å².